The highest BCUT2D eigenvalue weighted by atomic mass is 16.1. The first-order valence-corrected chi connectivity index (χ1v) is 5.19. The lowest BCUT2D eigenvalue weighted by Crippen LogP contribution is -2.36. The molecule has 0 rings (SSSR count). The second-order valence-electron chi connectivity index (χ2n) is 3.78. The van der Waals surface area contributed by atoms with Crippen LogP contribution in [0.1, 0.15) is 20.3 Å². The zero-order chi connectivity index (χ0) is 11.0. The summed E-state index contributed by atoms with van der Waals surface area (Å²) in [6, 6.07) is 0.532. The Balaban J connectivity index is 3.39. The SMILES string of the molecule is CNCCC(=O)NCCN(C)C(C)C. The van der Waals surface area contributed by atoms with Crippen LogP contribution in [0.15, 0.2) is 0 Å². The third-order valence-electron chi connectivity index (χ3n) is 2.27. The Morgan fingerprint density at radius 3 is 2.50 bits per heavy atom. The molecule has 0 radical (unpaired) electrons. The van der Waals surface area contributed by atoms with Crippen LogP contribution in [0.2, 0.25) is 0 Å². The van der Waals surface area contributed by atoms with Crippen LogP contribution < -0.4 is 10.6 Å². The fourth-order valence-electron chi connectivity index (χ4n) is 0.957. The van der Waals surface area contributed by atoms with E-state index in [1.165, 1.54) is 0 Å². The van der Waals surface area contributed by atoms with Crippen molar-refractivity contribution in [3.63, 3.8) is 0 Å². The summed E-state index contributed by atoms with van der Waals surface area (Å²) >= 11 is 0. The summed E-state index contributed by atoms with van der Waals surface area (Å²) in [7, 11) is 3.91. The van der Waals surface area contributed by atoms with Gasteiger partial charge in [0.15, 0.2) is 0 Å². The number of nitrogens with one attached hydrogen (secondary N) is 2. The smallest absolute Gasteiger partial charge is 0.221 e. The minimum absolute atomic E-state index is 0.122. The summed E-state index contributed by atoms with van der Waals surface area (Å²) in [5.74, 6) is 0.122. The molecule has 0 bridgehead atoms. The van der Waals surface area contributed by atoms with E-state index in [0.717, 1.165) is 19.6 Å². The van der Waals surface area contributed by atoms with Crippen molar-refractivity contribution in [2.75, 3.05) is 33.7 Å². The molecule has 4 heteroatoms. The van der Waals surface area contributed by atoms with Gasteiger partial charge in [-0.05, 0) is 27.9 Å². The molecule has 4 nitrogen and oxygen atoms in total. The van der Waals surface area contributed by atoms with Gasteiger partial charge in [-0.3, -0.25) is 4.79 Å². The van der Waals surface area contributed by atoms with E-state index in [2.05, 4.69) is 36.4 Å². The van der Waals surface area contributed by atoms with Crippen LogP contribution in [-0.2, 0) is 4.79 Å². The van der Waals surface area contributed by atoms with Crippen molar-refractivity contribution in [3.8, 4) is 0 Å². The first-order valence-electron chi connectivity index (χ1n) is 5.19. The molecule has 1 amide bonds. The highest BCUT2D eigenvalue weighted by molar-refractivity contribution is 5.75. The molecule has 0 spiro atoms. The second kappa shape index (κ2) is 7.76. The lowest BCUT2D eigenvalue weighted by Gasteiger charge is -2.20. The van der Waals surface area contributed by atoms with Gasteiger partial charge >= 0.3 is 0 Å². The molecule has 0 aliphatic rings. The number of rotatable bonds is 7. The van der Waals surface area contributed by atoms with Gasteiger partial charge in [0, 0.05) is 32.1 Å². The van der Waals surface area contributed by atoms with E-state index in [-0.39, 0.29) is 5.91 Å². The van der Waals surface area contributed by atoms with Gasteiger partial charge in [-0.15, -0.1) is 0 Å². The topological polar surface area (TPSA) is 44.4 Å². The van der Waals surface area contributed by atoms with Gasteiger partial charge in [-0.1, -0.05) is 0 Å². The van der Waals surface area contributed by atoms with Crippen molar-refractivity contribution in [1.82, 2.24) is 15.5 Å². The highest BCUT2D eigenvalue weighted by Crippen LogP contribution is 1.90. The fourth-order valence-corrected chi connectivity index (χ4v) is 0.957. The Bertz CT molecular complexity index is 159. The first kappa shape index (κ1) is 13.4. The lowest BCUT2D eigenvalue weighted by atomic mass is 10.3. The number of amides is 1. The molecule has 0 unspecified atom stereocenters. The molecule has 2 N–H and O–H groups in total. The Hall–Kier alpha value is -0.610. The minimum Gasteiger partial charge on any atom is -0.355 e. The van der Waals surface area contributed by atoms with Crippen molar-refractivity contribution in [3.05, 3.63) is 0 Å². The molecule has 0 aliphatic carbocycles. The van der Waals surface area contributed by atoms with Gasteiger partial charge in [0.25, 0.3) is 0 Å². The zero-order valence-corrected chi connectivity index (χ0v) is 9.76. The molecule has 0 fully saturated rings. The third-order valence-corrected chi connectivity index (χ3v) is 2.27. The molecule has 0 atom stereocenters. The van der Waals surface area contributed by atoms with Crippen LogP contribution in [-0.4, -0.2) is 50.6 Å². The largest absolute Gasteiger partial charge is 0.355 e. The predicted octanol–water partition coefficient (Wildman–Crippen LogP) is 0.0523. The fraction of sp³-hybridized carbons (Fsp3) is 0.900. The maximum Gasteiger partial charge on any atom is 0.221 e. The normalized spacial score (nSPS) is 11.0. The molecule has 0 saturated carbocycles. The quantitative estimate of drug-likeness (QED) is 0.612. The van der Waals surface area contributed by atoms with Crippen molar-refractivity contribution in [2.45, 2.75) is 26.3 Å². The summed E-state index contributed by atoms with van der Waals surface area (Å²) in [5.41, 5.74) is 0. The lowest BCUT2D eigenvalue weighted by molar-refractivity contribution is -0.121. The van der Waals surface area contributed by atoms with Crippen molar-refractivity contribution >= 4 is 5.91 Å². The van der Waals surface area contributed by atoms with Crippen molar-refractivity contribution < 1.29 is 4.79 Å². The maximum absolute atomic E-state index is 11.2. The van der Waals surface area contributed by atoms with Gasteiger partial charge < -0.3 is 15.5 Å². The first-order chi connectivity index (χ1) is 6.57. The van der Waals surface area contributed by atoms with Crippen molar-refractivity contribution in [2.24, 2.45) is 0 Å². The Morgan fingerprint density at radius 1 is 1.36 bits per heavy atom. The van der Waals surface area contributed by atoms with Gasteiger partial charge in [-0.25, -0.2) is 0 Å². The average Bonchev–Trinajstić information content (AvgIpc) is 2.14. The number of hydrogen-bond acceptors (Lipinski definition) is 3. The van der Waals surface area contributed by atoms with Gasteiger partial charge in [0.05, 0.1) is 0 Å². The summed E-state index contributed by atoms with van der Waals surface area (Å²) in [4.78, 5) is 13.4. The van der Waals surface area contributed by atoms with E-state index >= 15 is 0 Å². The Morgan fingerprint density at radius 2 is 2.00 bits per heavy atom. The number of carbonyl (C=O) groups excluding carboxylic acids is 1. The summed E-state index contributed by atoms with van der Waals surface area (Å²) in [5, 5.41) is 5.83. The number of carbonyl (C=O) groups is 1. The minimum atomic E-state index is 0.122. The Kier molecular flexibility index (Phi) is 7.42. The molecule has 14 heavy (non-hydrogen) atoms. The molecule has 0 heterocycles. The van der Waals surface area contributed by atoms with Crippen molar-refractivity contribution in [1.29, 1.82) is 0 Å². The van der Waals surface area contributed by atoms with E-state index in [0.29, 0.717) is 12.5 Å². The predicted molar refractivity (Wildman–Crippen MR) is 59.3 cm³/mol. The van der Waals surface area contributed by atoms with Crippen LogP contribution in [0.5, 0.6) is 0 Å². The summed E-state index contributed by atoms with van der Waals surface area (Å²) < 4.78 is 0. The molecule has 0 aromatic heterocycles. The van der Waals surface area contributed by atoms with Crippen LogP contribution in [0.4, 0.5) is 0 Å². The average molecular weight is 201 g/mol. The molecule has 84 valence electrons. The van der Waals surface area contributed by atoms with Crippen LogP contribution in [0.3, 0.4) is 0 Å². The molecule has 0 saturated heterocycles. The van der Waals surface area contributed by atoms with Gasteiger partial charge in [0.2, 0.25) is 5.91 Å². The van der Waals surface area contributed by atoms with E-state index < -0.39 is 0 Å². The number of hydrogen-bond donors (Lipinski definition) is 2. The van der Waals surface area contributed by atoms with Gasteiger partial charge in [-0.2, -0.15) is 0 Å². The second-order valence-corrected chi connectivity index (χ2v) is 3.78. The standard InChI is InChI=1S/C10H23N3O/c1-9(2)13(4)8-7-12-10(14)5-6-11-3/h9,11H,5-8H2,1-4H3,(H,12,14). The van der Waals surface area contributed by atoms with E-state index in [9.17, 15) is 4.79 Å². The van der Waals surface area contributed by atoms with E-state index in [1.807, 2.05) is 7.05 Å². The Labute approximate surface area is 87.0 Å². The van der Waals surface area contributed by atoms with Crippen LogP contribution in [0.25, 0.3) is 0 Å². The van der Waals surface area contributed by atoms with E-state index in [4.69, 9.17) is 0 Å². The monoisotopic (exact) mass is 201 g/mol. The maximum atomic E-state index is 11.2. The summed E-state index contributed by atoms with van der Waals surface area (Å²) in [6.45, 7) is 6.66. The molecular formula is C10H23N3O. The molecule has 0 aromatic carbocycles. The van der Waals surface area contributed by atoms with Crippen LogP contribution >= 0.6 is 0 Å². The summed E-state index contributed by atoms with van der Waals surface area (Å²) in [6.07, 6.45) is 0.557. The molecule has 0 aliphatic heterocycles. The number of nitrogens with zero attached hydrogens (tertiary/aromatic N) is 1. The molecule has 0 aromatic rings. The molecular weight excluding hydrogens is 178 g/mol. The highest BCUT2D eigenvalue weighted by Gasteiger charge is 2.03. The zero-order valence-electron chi connectivity index (χ0n) is 9.76. The van der Waals surface area contributed by atoms with E-state index in [1.54, 1.807) is 0 Å². The third kappa shape index (κ3) is 6.86. The van der Waals surface area contributed by atoms with Crippen LogP contribution in [0, 0.1) is 0 Å². The number of likely N-dealkylation sites (N-methyl/N-ethyl adjacent to an activating group) is 1. The van der Waals surface area contributed by atoms with Gasteiger partial charge in [0.1, 0.15) is 0 Å².